The number of benzene rings is 1. The third-order valence-electron chi connectivity index (χ3n) is 3.78. The van der Waals surface area contributed by atoms with Crippen molar-refractivity contribution >= 4 is 12.0 Å². The molecular formula is C19H20F2N2O3. The number of nitrogens with zero attached hydrogens (tertiary/aromatic N) is 2. The number of ketones is 1. The van der Waals surface area contributed by atoms with E-state index < -0.39 is 6.61 Å². The fraction of sp³-hybridized carbons (Fsp3) is 0.263. The van der Waals surface area contributed by atoms with Crippen molar-refractivity contribution < 1.29 is 23.1 Å². The fourth-order valence-electron chi connectivity index (χ4n) is 2.55. The first-order valence-electron chi connectivity index (χ1n) is 7.94. The normalized spacial score (nSPS) is 11.1. The van der Waals surface area contributed by atoms with Gasteiger partial charge in [-0.05, 0) is 32.0 Å². The maximum atomic E-state index is 12.4. The zero-order valence-electron chi connectivity index (χ0n) is 14.6. The van der Waals surface area contributed by atoms with Gasteiger partial charge in [-0.1, -0.05) is 23.4 Å². The molecule has 0 aliphatic rings. The predicted octanol–water partition coefficient (Wildman–Crippen LogP) is 4.13. The van der Waals surface area contributed by atoms with Crippen molar-refractivity contribution in [2.45, 2.75) is 27.0 Å². The topological polar surface area (TPSA) is 52.8 Å². The van der Waals surface area contributed by atoms with Gasteiger partial charge in [-0.25, -0.2) is 0 Å². The number of allylic oxidation sites excluding steroid dienone is 1. The largest absolute Gasteiger partial charge is 0.434 e. The number of hydrogen-bond donors (Lipinski definition) is 0. The van der Waals surface area contributed by atoms with Gasteiger partial charge in [-0.2, -0.15) is 8.78 Å². The van der Waals surface area contributed by atoms with Gasteiger partial charge in [-0.15, -0.1) is 6.58 Å². The first-order valence-corrected chi connectivity index (χ1v) is 7.94. The Hall–Kier alpha value is -2.96. The summed E-state index contributed by atoms with van der Waals surface area (Å²) in [4.78, 5) is 17.3. The molecule has 0 aliphatic carbocycles. The lowest BCUT2D eigenvalue weighted by Crippen LogP contribution is -2.09. The van der Waals surface area contributed by atoms with E-state index in [0.29, 0.717) is 17.7 Å². The van der Waals surface area contributed by atoms with Crippen molar-refractivity contribution in [2.24, 2.45) is 5.16 Å². The van der Waals surface area contributed by atoms with Gasteiger partial charge in [0.25, 0.3) is 0 Å². The van der Waals surface area contributed by atoms with Gasteiger partial charge in [0.05, 0.1) is 6.21 Å². The summed E-state index contributed by atoms with van der Waals surface area (Å²) in [6, 6.07) is 7.96. The fourth-order valence-corrected chi connectivity index (χ4v) is 2.55. The number of halogens is 2. The average molecular weight is 362 g/mol. The van der Waals surface area contributed by atoms with Gasteiger partial charge >= 0.3 is 6.61 Å². The van der Waals surface area contributed by atoms with Crippen LogP contribution in [0.5, 0.6) is 5.75 Å². The molecule has 0 saturated heterocycles. The number of rotatable bonds is 9. The third kappa shape index (κ3) is 4.78. The summed E-state index contributed by atoms with van der Waals surface area (Å²) in [6.07, 6.45) is 2.99. The highest BCUT2D eigenvalue weighted by Gasteiger charge is 2.15. The van der Waals surface area contributed by atoms with Crippen molar-refractivity contribution in [1.29, 1.82) is 0 Å². The van der Waals surface area contributed by atoms with E-state index in [-0.39, 0.29) is 18.1 Å². The minimum absolute atomic E-state index is 0.0193. The molecule has 1 aromatic carbocycles. The second kappa shape index (κ2) is 8.94. The van der Waals surface area contributed by atoms with Crippen LogP contribution in [-0.4, -0.2) is 29.8 Å². The molecule has 0 unspecified atom stereocenters. The van der Waals surface area contributed by atoms with E-state index in [9.17, 15) is 13.6 Å². The summed E-state index contributed by atoms with van der Waals surface area (Å²) >= 11 is 0. The minimum Gasteiger partial charge on any atom is -0.434 e. The molecule has 138 valence electrons. The van der Waals surface area contributed by atoms with Crippen LogP contribution in [0.2, 0.25) is 0 Å². The predicted molar refractivity (Wildman–Crippen MR) is 95.1 cm³/mol. The zero-order valence-corrected chi connectivity index (χ0v) is 14.6. The molecule has 1 aromatic heterocycles. The number of aryl methyl sites for hydroxylation is 1. The molecular weight excluding hydrogens is 342 g/mol. The summed E-state index contributed by atoms with van der Waals surface area (Å²) in [5.41, 5.74) is 2.66. The van der Waals surface area contributed by atoms with Crippen molar-refractivity contribution in [1.82, 2.24) is 4.57 Å². The average Bonchev–Trinajstić information content (AvgIpc) is 2.88. The molecule has 26 heavy (non-hydrogen) atoms. The van der Waals surface area contributed by atoms with Crippen LogP contribution in [0.25, 0.3) is 0 Å². The van der Waals surface area contributed by atoms with Gasteiger partial charge in [-0.3, -0.25) is 4.79 Å². The van der Waals surface area contributed by atoms with Crippen LogP contribution in [0.1, 0.15) is 27.3 Å². The van der Waals surface area contributed by atoms with Gasteiger partial charge in [0.2, 0.25) is 5.78 Å². The highest BCUT2D eigenvalue weighted by atomic mass is 19.3. The van der Waals surface area contributed by atoms with Crippen molar-refractivity contribution in [3.63, 3.8) is 0 Å². The smallest absolute Gasteiger partial charge is 0.387 e. The third-order valence-corrected chi connectivity index (χ3v) is 3.78. The van der Waals surface area contributed by atoms with Gasteiger partial charge in [0, 0.05) is 29.1 Å². The Morgan fingerprint density at radius 1 is 1.35 bits per heavy atom. The molecule has 5 nitrogen and oxygen atoms in total. The monoisotopic (exact) mass is 362 g/mol. The van der Waals surface area contributed by atoms with Crippen LogP contribution < -0.4 is 4.74 Å². The molecule has 0 bridgehead atoms. The van der Waals surface area contributed by atoms with Crippen LogP contribution in [0.15, 0.2) is 48.1 Å². The number of oxime groups is 1. The van der Waals surface area contributed by atoms with E-state index >= 15 is 0 Å². The Morgan fingerprint density at radius 3 is 2.77 bits per heavy atom. The highest BCUT2D eigenvalue weighted by molar-refractivity contribution is 5.98. The molecule has 0 saturated carbocycles. The number of Topliss-reactive ketones (excluding diaryl/α,β-unsaturated/α-hetero) is 1. The van der Waals surface area contributed by atoms with Crippen LogP contribution in [0.3, 0.4) is 0 Å². The maximum absolute atomic E-state index is 12.4. The summed E-state index contributed by atoms with van der Waals surface area (Å²) in [6.45, 7) is 4.89. The van der Waals surface area contributed by atoms with Crippen molar-refractivity contribution in [3.05, 3.63) is 65.5 Å². The van der Waals surface area contributed by atoms with Crippen LogP contribution in [0.4, 0.5) is 8.78 Å². The van der Waals surface area contributed by atoms with Crippen LogP contribution in [-0.2, 0) is 11.4 Å². The van der Waals surface area contributed by atoms with Crippen LogP contribution >= 0.6 is 0 Å². The number of aromatic nitrogens is 1. The second-order valence-corrected chi connectivity index (χ2v) is 5.53. The summed E-state index contributed by atoms with van der Waals surface area (Å²) < 4.78 is 31.1. The Balaban J connectivity index is 2.00. The summed E-state index contributed by atoms with van der Waals surface area (Å²) in [5, 5.41) is 3.68. The first kappa shape index (κ1) is 19.4. The summed E-state index contributed by atoms with van der Waals surface area (Å²) in [5.74, 6) is -0.239. The number of para-hydroxylation sites is 1. The minimum atomic E-state index is -2.93. The molecule has 0 atom stereocenters. The molecule has 1 heterocycles. The van der Waals surface area contributed by atoms with E-state index in [1.54, 1.807) is 30.3 Å². The van der Waals surface area contributed by atoms with E-state index in [1.807, 2.05) is 18.4 Å². The molecule has 7 heteroatoms. The lowest BCUT2D eigenvalue weighted by atomic mass is 10.2. The molecule has 0 amide bonds. The Morgan fingerprint density at radius 2 is 2.08 bits per heavy atom. The van der Waals surface area contributed by atoms with E-state index in [0.717, 1.165) is 11.4 Å². The number of ether oxygens (including phenoxy) is 1. The lowest BCUT2D eigenvalue weighted by Gasteiger charge is -2.07. The zero-order chi connectivity index (χ0) is 19.1. The lowest BCUT2D eigenvalue weighted by molar-refractivity contribution is -0.0499. The van der Waals surface area contributed by atoms with Gasteiger partial charge in [0.15, 0.2) is 6.61 Å². The first-order chi connectivity index (χ1) is 12.4. The molecule has 2 aromatic rings. The van der Waals surface area contributed by atoms with Gasteiger partial charge in [0.1, 0.15) is 5.75 Å². The van der Waals surface area contributed by atoms with Crippen molar-refractivity contribution in [3.8, 4) is 5.75 Å². The van der Waals surface area contributed by atoms with E-state index in [4.69, 9.17) is 4.84 Å². The highest BCUT2D eigenvalue weighted by Crippen LogP contribution is 2.19. The maximum Gasteiger partial charge on any atom is 0.387 e. The molecule has 2 rings (SSSR count). The van der Waals surface area contributed by atoms with Crippen molar-refractivity contribution in [2.75, 3.05) is 6.61 Å². The number of hydrogen-bond acceptors (Lipinski definition) is 4. The molecule has 0 fully saturated rings. The Kier molecular flexibility index (Phi) is 6.66. The standard InChI is InChI=1S/C19H20F2N2O3/c1-4-9-23-13(2)10-16(14(23)3)17(24)12-25-22-11-15-7-5-6-8-18(15)26-19(20)21/h4-8,10-11,19H,1,9,12H2,2-3H3. The van der Waals surface area contributed by atoms with E-state index in [1.165, 1.54) is 12.3 Å². The number of alkyl halides is 2. The van der Waals surface area contributed by atoms with Gasteiger partial charge < -0.3 is 14.1 Å². The number of carbonyl (C=O) groups excluding carboxylic acids is 1. The number of carbonyl (C=O) groups is 1. The molecule has 0 spiro atoms. The van der Waals surface area contributed by atoms with E-state index in [2.05, 4.69) is 16.5 Å². The SMILES string of the molecule is C=CCn1c(C)cc(C(=O)CON=Cc2ccccc2OC(F)F)c1C. The second-order valence-electron chi connectivity index (χ2n) is 5.53. The summed E-state index contributed by atoms with van der Waals surface area (Å²) in [7, 11) is 0. The Bertz CT molecular complexity index is 813. The van der Waals surface area contributed by atoms with Crippen LogP contribution in [0, 0.1) is 13.8 Å². The quantitative estimate of drug-likeness (QED) is 0.292. The molecule has 0 radical (unpaired) electrons. The Labute approximate surface area is 150 Å². The molecule has 0 aliphatic heterocycles. The molecule has 0 N–H and O–H groups in total.